The van der Waals surface area contributed by atoms with Crippen molar-refractivity contribution in [1.29, 1.82) is 0 Å². The van der Waals surface area contributed by atoms with Gasteiger partial charge >= 0.3 is 0 Å². The Labute approximate surface area is 110 Å². The van der Waals surface area contributed by atoms with Gasteiger partial charge in [-0.2, -0.15) is 0 Å². The maximum Gasteiger partial charge on any atom is 0.292 e. The van der Waals surface area contributed by atoms with Crippen molar-refractivity contribution in [2.24, 2.45) is 5.73 Å². The van der Waals surface area contributed by atoms with Gasteiger partial charge in [0.1, 0.15) is 5.69 Å². The number of benzene rings is 1. The smallest absolute Gasteiger partial charge is 0.292 e. The molecule has 1 unspecified atom stereocenters. The van der Waals surface area contributed by atoms with Gasteiger partial charge in [0.2, 0.25) is 5.91 Å². The Morgan fingerprint density at radius 2 is 2.26 bits per heavy atom. The lowest BCUT2D eigenvalue weighted by molar-refractivity contribution is -0.383. The number of methoxy groups -OCH3 is 1. The third-order valence-electron chi connectivity index (χ3n) is 2.63. The lowest BCUT2D eigenvalue weighted by Gasteiger charge is -2.12. The predicted molar refractivity (Wildman–Crippen MR) is 70.9 cm³/mol. The number of ether oxygens (including phenoxy) is 1. The van der Waals surface area contributed by atoms with Gasteiger partial charge in [0, 0.05) is 19.7 Å². The summed E-state index contributed by atoms with van der Waals surface area (Å²) in [4.78, 5) is 22.1. The number of carbonyl (C=O) groups excluding carboxylic acids is 1. The summed E-state index contributed by atoms with van der Waals surface area (Å²) in [6, 6.07) is 4.54. The van der Waals surface area contributed by atoms with Crippen molar-refractivity contribution in [1.82, 2.24) is 0 Å². The molecule has 3 N–H and O–H groups in total. The summed E-state index contributed by atoms with van der Waals surface area (Å²) < 4.78 is 4.99. The van der Waals surface area contributed by atoms with Gasteiger partial charge in [0.25, 0.3) is 5.69 Å². The van der Waals surface area contributed by atoms with Crippen LogP contribution in [0, 0.1) is 17.0 Å². The lowest BCUT2D eigenvalue weighted by atomic mass is 10.1. The highest BCUT2D eigenvalue weighted by atomic mass is 16.6. The Bertz CT molecular complexity index is 472. The number of nitrogens with zero attached hydrogens (tertiary/aromatic N) is 1. The number of hydrogen-bond donors (Lipinski definition) is 2. The molecule has 1 aromatic rings. The zero-order chi connectivity index (χ0) is 14.4. The van der Waals surface area contributed by atoms with Crippen LogP contribution >= 0.6 is 0 Å². The van der Waals surface area contributed by atoms with Gasteiger partial charge in [0.05, 0.1) is 17.4 Å². The van der Waals surface area contributed by atoms with Crippen LogP contribution in [0.5, 0.6) is 0 Å². The van der Waals surface area contributed by atoms with E-state index in [1.54, 1.807) is 19.1 Å². The molecule has 0 aliphatic heterocycles. The second-order valence-corrected chi connectivity index (χ2v) is 4.12. The fourth-order valence-electron chi connectivity index (χ4n) is 1.58. The number of carbonyl (C=O) groups is 1. The largest absolute Gasteiger partial charge is 0.380 e. The number of nitrogens with one attached hydrogen (secondary N) is 1. The summed E-state index contributed by atoms with van der Waals surface area (Å²) >= 11 is 0. The quantitative estimate of drug-likeness (QED) is 0.595. The van der Waals surface area contributed by atoms with E-state index in [0.717, 1.165) is 5.56 Å². The van der Waals surface area contributed by atoms with Crippen LogP contribution in [0.4, 0.5) is 11.4 Å². The Kier molecular flexibility index (Phi) is 5.40. The van der Waals surface area contributed by atoms with Gasteiger partial charge in [0.15, 0.2) is 0 Å². The van der Waals surface area contributed by atoms with Crippen LogP contribution in [-0.2, 0) is 9.53 Å². The van der Waals surface area contributed by atoms with Gasteiger partial charge in [-0.25, -0.2) is 0 Å². The molecule has 1 rings (SSSR count). The lowest BCUT2D eigenvalue weighted by Crippen LogP contribution is -2.28. The van der Waals surface area contributed by atoms with Crippen LogP contribution in [0.2, 0.25) is 0 Å². The number of nitrogens with two attached hydrogens (primary N) is 1. The van der Waals surface area contributed by atoms with Crippen LogP contribution in [0.1, 0.15) is 12.0 Å². The van der Waals surface area contributed by atoms with Gasteiger partial charge in [-0.15, -0.1) is 0 Å². The van der Waals surface area contributed by atoms with Crippen LogP contribution in [0.3, 0.4) is 0 Å². The van der Waals surface area contributed by atoms with E-state index in [1.807, 2.05) is 0 Å². The van der Waals surface area contributed by atoms with Crippen molar-refractivity contribution in [3.05, 3.63) is 33.9 Å². The minimum atomic E-state index is -0.536. The number of rotatable bonds is 6. The molecule has 0 aliphatic carbocycles. The molecule has 0 aromatic heterocycles. The Balaban J connectivity index is 2.83. The molecular weight excluding hydrogens is 250 g/mol. The molecule has 0 spiro atoms. The number of nitro groups is 1. The zero-order valence-electron chi connectivity index (χ0n) is 10.9. The molecule has 0 fully saturated rings. The molecule has 7 heteroatoms. The Morgan fingerprint density at radius 1 is 1.58 bits per heavy atom. The van der Waals surface area contributed by atoms with Crippen molar-refractivity contribution in [2.75, 3.05) is 19.0 Å². The molecule has 0 radical (unpaired) electrons. The molecule has 0 aliphatic rings. The standard InChI is InChI=1S/C12H17N3O4/c1-8-3-4-11(15(17)18)10(5-8)14-12(16)6-9(7-13)19-2/h3-5,9H,6-7,13H2,1-2H3,(H,14,16). The topological polar surface area (TPSA) is 107 Å². The fourth-order valence-corrected chi connectivity index (χ4v) is 1.58. The average molecular weight is 267 g/mol. The van der Waals surface area contributed by atoms with E-state index >= 15 is 0 Å². The minimum absolute atomic E-state index is 0.0537. The maximum atomic E-state index is 11.8. The number of anilines is 1. The molecular formula is C12H17N3O4. The molecule has 1 atom stereocenters. The first-order valence-corrected chi connectivity index (χ1v) is 5.75. The predicted octanol–water partition coefficient (Wildman–Crippen LogP) is 1.21. The van der Waals surface area contributed by atoms with Crippen molar-refractivity contribution >= 4 is 17.3 Å². The first-order chi connectivity index (χ1) is 8.97. The van der Waals surface area contributed by atoms with E-state index in [2.05, 4.69) is 5.32 Å². The van der Waals surface area contributed by atoms with Gasteiger partial charge < -0.3 is 15.8 Å². The second kappa shape index (κ2) is 6.81. The van der Waals surface area contributed by atoms with Gasteiger partial charge in [-0.3, -0.25) is 14.9 Å². The summed E-state index contributed by atoms with van der Waals surface area (Å²) in [6.07, 6.45) is -0.346. The summed E-state index contributed by atoms with van der Waals surface area (Å²) in [5, 5.41) is 13.4. The van der Waals surface area contributed by atoms with E-state index in [4.69, 9.17) is 10.5 Å². The van der Waals surface area contributed by atoms with Crippen molar-refractivity contribution in [3.8, 4) is 0 Å². The zero-order valence-corrected chi connectivity index (χ0v) is 10.9. The molecule has 1 amide bonds. The third-order valence-corrected chi connectivity index (χ3v) is 2.63. The fraction of sp³-hybridized carbons (Fsp3) is 0.417. The van der Waals surface area contributed by atoms with Crippen molar-refractivity contribution in [3.63, 3.8) is 0 Å². The Morgan fingerprint density at radius 3 is 2.79 bits per heavy atom. The molecule has 1 aromatic carbocycles. The van der Waals surface area contributed by atoms with Gasteiger partial charge in [-0.05, 0) is 18.6 Å². The van der Waals surface area contributed by atoms with Crippen LogP contribution in [0.15, 0.2) is 18.2 Å². The van der Waals surface area contributed by atoms with Crippen LogP contribution < -0.4 is 11.1 Å². The molecule has 104 valence electrons. The summed E-state index contributed by atoms with van der Waals surface area (Å²) in [6.45, 7) is 2.00. The normalized spacial score (nSPS) is 11.9. The van der Waals surface area contributed by atoms with E-state index in [1.165, 1.54) is 13.2 Å². The Hall–Kier alpha value is -1.99. The van der Waals surface area contributed by atoms with E-state index in [9.17, 15) is 14.9 Å². The highest BCUT2D eigenvalue weighted by molar-refractivity contribution is 5.93. The number of amides is 1. The molecule has 19 heavy (non-hydrogen) atoms. The molecule has 0 bridgehead atoms. The summed E-state index contributed by atoms with van der Waals surface area (Å²) in [5.41, 5.74) is 6.28. The summed E-state index contributed by atoms with van der Waals surface area (Å²) in [7, 11) is 1.46. The third kappa shape index (κ3) is 4.31. The number of nitro benzene ring substituents is 1. The molecule has 7 nitrogen and oxygen atoms in total. The monoisotopic (exact) mass is 267 g/mol. The highest BCUT2D eigenvalue weighted by Gasteiger charge is 2.17. The minimum Gasteiger partial charge on any atom is -0.380 e. The molecule has 0 saturated heterocycles. The van der Waals surface area contributed by atoms with E-state index in [-0.39, 0.29) is 30.2 Å². The van der Waals surface area contributed by atoms with E-state index in [0.29, 0.717) is 0 Å². The highest BCUT2D eigenvalue weighted by Crippen LogP contribution is 2.25. The SMILES string of the molecule is COC(CN)CC(=O)Nc1cc(C)ccc1[N+](=O)[O-]. The average Bonchev–Trinajstić information content (AvgIpc) is 2.35. The first-order valence-electron chi connectivity index (χ1n) is 5.75. The molecule has 0 saturated carbocycles. The summed E-state index contributed by atoms with van der Waals surface area (Å²) in [5.74, 6) is -0.369. The van der Waals surface area contributed by atoms with E-state index < -0.39 is 11.0 Å². The van der Waals surface area contributed by atoms with Crippen molar-refractivity contribution < 1.29 is 14.5 Å². The molecule has 0 heterocycles. The van der Waals surface area contributed by atoms with Crippen LogP contribution in [-0.4, -0.2) is 30.6 Å². The van der Waals surface area contributed by atoms with Crippen molar-refractivity contribution in [2.45, 2.75) is 19.4 Å². The second-order valence-electron chi connectivity index (χ2n) is 4.12. The number of hydrogen-bond acceptors (Lipinski definition) is 5. The maximum absolute atomic E-state index is 11.8. The van der Waals surface area contributed by atoms with Crippen LogP contribution in [0.25, 0.3) is 0 Å². The first kappa shape index (κ1) is 15.1. The number of aryl methyl sites for hydroxylation is 1. The van der Waals surface area contributed by atoms with Gasteiger partial charge in [-0.1, -0.05) is 6.07 Å².